The van der Waals surface area contributed by atoms with Crippen LogP contribution in [0.1, 0.15) is 28.5 Å². The molecule has 0 unspecified atom stereocenters. The van der Waals surface area contributed by atoms with E-state index in [1.165, 1.54) is 10.5 Å². The molecule has 0 aliphatic carbocycles. The minimum absolute atomic E-state index is 0.0487. The number of sulfonamides is 1. The number of anilines is 1. The molecule has 0 bridgehead atoms. The Kier molecular flexibility index (Phi) is 6.16. The van der Waals surface area contributed by atoms with Crippen molar-refractivity contribution < 1.29 is 13.2 Å². The van der Waals surface area contributed by atoms with Crippen LogP contribution in [-0.2, 0) is 16.6 Å². The minimum atomic E-state index is -3.53. The van der Waals surface area contributed by atoms with Gasteiger partial charge in [0.15, 0.2) is 5.78 Å². The predicted molar refractivity (Wildman–Crippen MR) is 99.5 cm³/mol. The van der Waals surface area contributed by atoms with Crippen molar-refractivity contribution in [3.05, 3.63) is 58.4 Å². The molecular weight excluding hydrogens is 362 g/mol. The van der Waals surface area contributed by atoms with Crippen molar-refractivity contribution in [2.24, 2.45) is 5.73 Å². The van der Waals surface area contributed by atoms with E-state index in [1.807, 2.05) is 6.92 Å². The summed E-state index contributed by atoms with van der Waals surface area (Å²) in [6.45, 7) is 3.37. The molecule has 0 amide bonds. The van der Waals surface area contributed by atoms with Gasteiger partial charge in [0.1, 0.15) is 0 Å². The SMILES string of the molecule is CCS(=O)(=O)N(Cc1ccc(C(=O)CN)cn1)c1cc(C)cc(Cl)c1. The number of carbonyl (C=O) groups is 1. The molecule has 2 rings (SSSR count). The van der Waals surface area contributed by atoms with E-state index < -0.39 is 10.0 Å². The molecule has 0 aliphatic heterocycles. The van der Waals surface area contributed by atoms with Gasteiger partial charge in [-0.25, -0.2) is 8.42 Å². The Morgan fingerprint density at radius 3 is 2.52 bits per heavy atom. The van der Waals surface area contributed by atoms with E-state index in [-0.39, 0.29) is 24.6 Å². The van der Waals surface area contributed by atoms with Crippen molar-refractivity contribution in [2.45, 2.75) is 20.4 Å². The Bertz CT molecular complexity index is 847. The van der Waals surface area contributed by atoms with Crippen molar-refractivity contribution in [2.75, 3.05) is 16.6 Å². The summed E-state index contributed by atoms with van der Waals surface area (Å²) in [5.74, 6) is -0.273. The molecule has 0 fully saturated rings. The number of benzene rings is 1. The number of Topliss-reactive ketones (excluding diaryl/α,β-unsaturated/α-hetero) is 1. The number of halogens is 1. The third kappa shape index (κ3) is 4.78. The summed E-state index contributed by atoms with van der Waals surface area (Å²) in [7, 11) is -3.53. The number of nitrogens with zero attached hydrogens (tertiary/aromatic N) is 2. The van der Waals surface area contributed by atoms with Crippen molar-refractivity contribution in [1.29, 1.82) is 0 Å². The van der Waals surface area contributed by atoms with E-state index in [9.17, 15) is 13.2 Å². The van der Waals surface area contributed by atoms with Crippen LogP contribution < -0.4 is 10.0 Å². The highest BCUT2D eigenvalue weighted by Crippen LogP contribution is 2.26. The van der Waals surface area contributed by atoms with Crippen LogP contribution in [0, 0.1) is 6.92 Å². The summed E-state index contributed by atoms with van der Waals surface area (Å²) in [5.41, 5.74) is 7.58. The number of rotatable bonds is 7. The van der Waals surface area contributed by atoms with Crippen LogP contribution in [0.5, 0.6) is 0 Å². The first-order valence-corrected chi connectivity index (χ1v) is 9.71. The Hall–Kier alpha value is -1.96. The molecule has 2 aromatic rings. The molecule has 6 nitrogen and oxygen atoms in total. The van der Waals surface area contributed by atoms with Gasteiger partial charge >= 0.3 is 0 Å². The summed E-state index contributed by atoms with van der Waals surface area (Å²) in [4.78, 5) is 15.8. The van der Waals surface area contributed by atoms with Gasteiger partial charge in [0.25, 0.3) is 0 Å². The number of nitrogens with two attached hydrogens (primary N) is 1. The monoisotopic (exact) mass is 381 g/mol. The normalized spacial score (nSPS) is 11.4. The van der Waals surface area contributed by atoms with Gasteiger partial charge in [-0.15, -0.1) is 0 Å². The molecule has 0 aliphatic rings. The number of aromatic nitrogens is 1. The highest BCUT2D eigenvalue weighted by Gasteiger charge is 2.22. The van der Waals surface area contributed by atoms with Crippen LogP contribution in [0.4, 0.5) is 5.69 Å². The first kappa shape index (κ1) is 19.4. The lowest BCUT2D eigenvalue weighted by atomic mass is 10.2. The molecule has 0 atom stereocenters. The van der Waals surface area contributed by atoms with Crippen molar-refractivity contribution in [1.82, 2.24) is 4.98 Å². The van der Waals surface area contributed by atoms with Crippen LogP contribution >= 0.6 is 11.6 Å². The average Bonchev–Trinajstić information content (AvgIpc) is 2.58. The zero-order valence-corrected chi connectivity index (χ0v) is 15.6. The molecule has 8 heteroatoms. The van der Waals surface area contributed by atoms with Crippen LogP contribution in [0.15, 0.2) is 36.5 Å². The van der Waals surface area contributed by atoms with E-state index in [4.69, 9.17) is 17.3 Å². The molecule has 0 saturated heterocycles. The van der Waals surface area contributed by atoms with Crippen LogP contribution in [-0.4, -0.2) is 31.5 Å². The van der Waals surface area contributed by atoms with E-state index in [0.29, 0.717) is 22.0 Å². The first-order valence-electron chi connectivity index (χ1n) is 7.72. The number of aryl methyl sites for hydroxylation is 1. The Morgan fingerprint density at radius 2 is 2.00 bits per heavy atom. The van der Waals surface area contributed by atoms with Gasteiger partial charge in [0.05, 0.1) is 30.2 Å². The third-order valence-electron chi connectivity index (χ3n) is 3.65. The molecular formula is C17H20ClN3O3S. The lowest BCUT2D eigenvalue weighted by molar-refractivity contribution is 0.100. The van der Waals surface area contributed by atoms with E-state index in [0.717, 1.165) is 5.56 Å². The zero-order valence-electron chi connectivity index (χ0n) is 14.1. The molecule has 1 heterocycles. The summed E-state index contributed by atoms with van der Waals surface area (Å²) < 4.78 is 26.3. The maximum absolute atomic E-state index is 12.5. The standard InChI is InChI=1S/C17H20ClN3O3S/c1-3-25(23,24)21(16-7-12(2)6-14(18)8-16)11-15-5-4-13(10-20-15)17(22)9-19/h4-8,10H,3,9,11,19H2,1-2H3. The largest absolute Gasteiger partial charge is 0.324 e. The zero-order chi connectivity index (χ0) is 18.6. The second-order valence-corrected chi connectivity index (χ2v) is 8.18. The topological polar surface area (TPSA) is 93.4 Å². The maximum Gasteiger partial charge on any atom is 0.235 e. The van der Waals surface area contributed by atoms with E-state index in [2.05, 4.69) is 4.98 Å². The van der Waals surface area contributed by atoms with Gasteiger partial charge in [-0.1, -0.05) is 11.6 Å². The second-order valence-electron chi connectivity index (χ2n) is 5.56. The molecule has 0 spiro atoms. The summed E-state index contributed by atoms with van der Waals surface area (Å²) in [6, 6.07) is 8.34. The number of hydrogen-bond donors (Lipinski definition) is 1. The molecule has 134 valence electrons. The van der Waals surface area contributed by atoms with Crippen LogP contribution in [0.2, 0.25) is 5.02 Å². The number of pyridine rings is 1. The van der Waals surface area contributed by atoms with E-state index in [1.54, 1.807) is 37.3 Å². The van der Waals surface area contributed by atoms with Gasteiger partial charge in [-0.05, 0) is 49.7 Å². The molecule has 1 aromatic carbocycles. The number of ketones is 1. The fraction of sp³-hybridized carbons (Fsp3) is 0.294. The fourth-order valence-corrected chi connectivity index (χ4v) is 3.67. The maximum atomic E-state index is 12.5. The average molecular weight is 382 g/mol. The third-order valence-corrected chi connectivity index (χ3v) is 5.61. The highest BCUT2D eigenvalue weighted by molar-refractivity contribution is 7.92. The van der Waals surface area contributed by atoms with Crippen molar-refractivity contribution in [3.63, 3.8) is 0 Å². The summed E-state index contributed by atoms with van der Waals surface area (Å²) >= 11 is 6.08. The van der Waals surface area contributed by atoms with Crippen LogP contribution in [0.3, 0.4) is 0 Å². The van der Waals surface area contributed by atoms with Crippen LogP contribution in [0.25, 0.3) is 0 Å². The number of hydrogen-bond acceptors (Lipinski definition) is 5. The van der Waals surface area contributed by atoms with Crippen molar-refractivity contribution >= 4 is 33.1 Å². The number of carbonyl (C=O) groups excluding carboxylic acids is 1. The molecule has 2 N–H and O–H groups in total. The van der Waals surface area contributed by atoms with E-state index >= 15 is 0 Å². The second kappa shape index (κ2) is 7.95. The smallest absolute Gasteiger partial charge is 0.235 e. The first-order chi connectivity index (χ1) is 11.8. The van der Waals surface area contributed by atoms with Gasteiger partial charge in [-0.3, -0.25) is 14.1 Å². The summed E-state index contributed by atoms with van der Waals surface area (Å²) in [6.07, 6.45) is 1.41. The fourth-order valence-electron chi connectivity index (χ4n) is 2.32. The Labute approximate surface area is 152 Å². The van der Waals surface area contributed by atoms with Gasteiger partial charge in [-0.2, -0.15) is 0 Å². The summed E-state index contributed by atoms with van der Waals surface area (Å²) in [5, 5.41) is 0.461. The quantitative estimate of drug-likeness (QED) is 0.744. The predicted octanol–water partition coefficient (Wildman–Crippen LogP) is 2.54. The van der Waals surface area contributed by atoms with Crippen molar-refractivity contribution in [3.8, 4) is 0 Å². The van der Waals surface area contributed by atoms with Gasteiger partial charge in [0, 0.05) is 16.8 Å². The molecule has 0 radical (unpaired) electrons. The lowest BCUT2D eigenvalue weighted by Crippen LogP contribution is -2.32. The van der Waals surface area contributed by atoms with Gasteiger partial charge in [0.2, 0.25) is 10.0 Å². The highest BCUT2D eigenvalue weighted by atomic mass is 35.5. The van der Waals surface area contributed by atoms with Gasteiger partial charge < -0.3 is 5.73 Å². The molecule has 0 saturated carbocycles. The molecule has 25 heavy (non-hydrogen) atoms. The molecule has 1 aromatic heterocycles. The lowest BCUT2D eigenvalue weighted by Gasteiger charge is -2.24. The Morgan fingerprint density at radius 1 is 1.28 bits per heavy atom. The minimum Gasteiger partial charge on any atom is -0.324 e. The Balaban J connectivity index is 2.39.